The van der Waals surface area contributed by atoms with Gasteiger partial charge in [-0.3, -0.25) is 9.59 Å². The molecule has 0 aliphatic heterocycles. The Morgan fingerprint density at radius 1 is 0.724 bits per heavy atom. The molecule has 29 heavy (non-hydrogen) atoms. The van der Waals surface area contributed by atoms with Crippen LogP contribution in [0.15, 0.2) is 24.3 Å². The molecule has 0 aliphatic rings. The van der Waals surface area contributed by atoms with E-state index in [0.29, 0.717) is 30.8 Å². The van der Waals surface area contributed by atoms with Gasteiger partial charge in [0.2, 0.25) is 0 Å². The average Bonchev–Trinajstić information content (AvgIpc) is 2.52. The van der Waals surface area contributed by atoms with Crippen molar-refractivity contribution < 1.29 is 65.1 Å². The maximum Gasteiger partial charge on any atom is 0.328 e. The number of carbonyl (C=O) groups excluding carboxylic acids is 2. The lowest BCUT2D eigenvalue weighted by Gasteiger charge is -1.90. The van der Waals surface area contributed by atoms with Crippen LogP contribution < -0.4 is 21.7 Å². The maximum absolute atomic E-state index is 9.56. The molecule has 0 saturated heterocycles. The summed E-state index contributed by atoms with van der Waals surface area (Å²) >= 11 is 0. The monoisotopic (exact) mass is 425 g/mol. The molecule has 0 aromatic rings. The van der Waals surface area contributed by atoms with Crippen LogP contribution in [0.4, 0.5) is 0 Å². The van der Waals surface area contributed by atoms with Gasteiger partial charge >= 0.3 is 23.9 Å². The Balaban J connectivity index is -0.0000000881. The lowest BCUT2D eigenvalue weighted by Crippen LogP contribution is -2.50. The minimum atomic E-state index is -1.55. The van der Waals surface area contributed by atoms with Crippen molar-refractivity contribution in [1.82, 2.24) is 0 Å². The topological polar surface area (TPSA) is 283 Å². The van der Waals surface area contributed by atoms with E-state index in [9.17, 15) is 39.0 Å². The highest BCUT2D eigenvalue weighted by atomic mass is 16.4. The number of aliphatic carboxylic acids is 6. The van der Waals surface area contributed by atoms with Crippen LogP contribution in [-0.2, 0) is 28.8 Å². The molecule has 0 saturated carbocycles. The van der Waals surface area contributed by atoms with Crippen molar-refractivity contribution in [2.75, 3.05) is 13.1 Å². The SMILES string of the molecule is C.NCCC(=O)O.O=C(O)/C=C/C(=O)O.O=C([O-])/C=C/C(=O)[O-].[NH3+]CCC(=O)O. The summed E-state index contributed by atoms with van der Waals surface area (Å²) in [6, 6.07) is 0. The van der Waals surface area contributed by atoms with E-state index in [1.807, 2.05) is 0 Å². The Morgan fingerprint density at radius 2 is 1.03 bits per heavy atom. The number of quaternary nitrogens is 1. The standard InChI is InChI=1S/2C4H4O4.2C3H7NO2.CH4/c2*5-3(6)1-2-4(7)8;2*4-2-1-3(5)6;/h2*1-2H,(H,5,6)(H,7,8);2*1-2,4H2,(H,5,6);1H4/p-1/b2*2-1+;;;. The van der Waals surface area contributed by atoms with Gasteiger partial charge in [0.05, 0.1) is 31.3 Å². The Kier molecular flexibility index (Phi) is 33.0. The lowest BCUT2D eigenvalue weighted by molar-refractivity contribution is -0.366. The van der Waals surface area contributed by atoms with Crippen molar-refractivity contribution in [3.8, 4) is 0 Å². The number of rotatable bonds is 8. The van der Waals surface area contributed by atoms with Gasteiger partial charge in [-0.15, -0.1) is 0 Å². The summed E-state index contributed by atoms with van der Waals surface area (Å²) in [7, 11) is 0. The van der Waals surface area contributed by atoms with Crippen LogP contribution in [0.2, 0.25) is 0 Å². The molecule has 14 heteroatoms. The summed E-state index contributed by atoms with van der Waals surface area (Å²) in [6.07, 6.45) is 2.13. The van der Waals surface area contributed by atoms with Crippen molar-refractivity contribution >= 4 is 35.8 Å². The largest absolute Gasteiger partial charge is 0.545 e. The number of hydrogen-bond donors (Lipinski definition) is 6. The minimum Gasteiger partial charge on any atom is -0.545 e. The fourth-order valence-electron chi connectivity index (χ4n) is 0.553. The summed E-state index contributed by atoms with van der Waals surface area (Å²) in [4.78, 5) is 57.0. The molecule has 0 rings (SSSR count). The van der Waals surface area contributed by atoms with Gasteiger partial charge in [-0.25, -0.2) is 9.59 Å². The molecule has 0 heterocycles. The molecule has 0 unspecified atom stereocenters. The van der Waals surface area contributed by atoms with Crippen LogP contribution in [0.25, 0.3) is 0 Å². The van der Waals surface area contributed by atoms with E-state index in [4.69, 9.17) is 26.2 Å². The highest BCUT2D eigenvalue weighted by Crippen LogP contribution is 1.70. The van der Waals surface area contributed by atoms with E-state index >= 15 is 0 Å². The number of hydrogen-bond acceptors (Lipinski definition) is 9. The Morgan fingerprint density at radius 3 is 1.10 bits per heavy atom. The molecule has 0 amide bonds. The first-order valence-electron chi connectivity index (χ1n) is 6.96. The second kappa shape index (κ2) is 26.4. The zero-order chi connectivity index (χ0) is 23.1. The molecule has 0 atom stereocenters. The van der Waals surface area contributed by atoms with Crippen LogP contribution in [0, 0.1) is 0 Å². The average molecular weight is 425 g/mol. The predicted molar refractivity (Wildman–Crippen MR) is 91.6 cm³/mol. The van der Waals surface area contributed by atoms with Gasteiger partial charge in [-0.05, 0) is 12.2 Å². The molecule has 14 nitrogen and oxygen atoms in total. The van der Waals surface area contributed by atoms with Gasteiger partial charge in [0.15, 0.2) is 0 Å². The number of carboxylic acids is 6. The number of carbonyl (C=O) groups is 6. The Labute approximate surface area is 165 Å². The summed E-state index contributed by atoms with van der Waals surface area (Å²) in [5, 5.41) is 50.2. The molecular weight excluding hydrogens is 400 g/mol. The minimum absolute atomic E-state index is 0. The molecule has 9 N–H and O–H groups in total. The molecule has 0 spiro atoms. The summed E-state index contributed by atoms with van der Waals surface area (Å²) in [5.41, 5.74) is 8.19. The van der Waals surface area contributed by atoms with Crippen LogP contribution in [0.1, 0.15) is 20.3 Å². The highest BCUT2D eigenvalue weighted by molar-refractivity contribution is 5.89. The van der Waals surface area contributed by atoms with Crippen LogP contribution >= 0.6 is 0 Å². The highest BCUT2D eigenvalue weighted by Gasteiger charge is 1.90. The molecule has 0 fully saturated rings. The second-order valence-electron chi connectivity index (χ2n) is 3.91. The molecule has 0 aromatic heterocycles. The fourth-order valence-corrected chi connectivity index (χ4v) is 0.553. The van der Waals surface area contributed by atoms with Gasteiger partial charge in [0.25, 0.3) is 0 Å². The van der Waals surface area contributed by atoms with Gasteiger partial charge in [-0.2, -0.15) is 0 Å². The van der Waals surface area contributed by atoms with E-state index in [1.54, 1.807) is 0 Å². The normalized spacial score (nSPS) is 8.62. The molecule has 0 radical (unpaired) electrons. The van der Waals surface area contributed by atoms with Crippen LogP contribution in [0.5, 0.6) is 0 Å². The first-order chi connectivity index (χ1) is 12.8. The third-order valence-electron chi connectivity index (χ3n) is 1.47. The van der Waals surface area contributed by atoms with Crippen molar-refractivity contribution in [2.24, 2.45) is 5.73 Å². The van der Waals surface area contributed by atoms with Gasteiger partial charge in [-0.1, -0.05) is 7.43 Å². The van der Waals surface area contributed by atoms with E-state index in [-0.39, 0.29) is 26.8 Å². The third-order valence-corrected chi connectivity index (χ3v) is 1.47. The van der Waals surface area contributed by atoms with E-state index in [1.165, 1.54) is 0 Å². The zero-order valence-electron chi connectivity index (χ0n) is 14.5. The summed E-state index contributed by atoms with van der Waals surface area (Å²) in [6.45, 7) is 0.713. The molecular formula is C15H25N2O12-. The van der Waals surface area contributed by atoms with Crippen molar-refractivity contribution in [1.29, 1.82) is 0 Å². The Hall–Kier alpha value is -3.78. The van der Waals surface area contributed by atoms with E-state index < -0.39 is 35.8 Å². The summed E-state index contributed by atoms with van der Waals surface area (Å²) < 4.78 is 0. The van der Waals surface area contributed by atoms with E-state index in [0.717, 1.165) is 0 Å². The van der Waals surface area contributed by atoms with E-state index in [2.05, 4.69) is 5.73 Å². The molecule has 0 bridgehead atoms. The number of carboxylic acid groups (broad SMARTS) is 6. The number of nitrogens with two attached hydrogens (primary N) is 1. The summed E-state index contributed by atoms with van der Waals surface area (Å²) in [5.74, 6) is -7.22. The van der Waals surface area contributed by atoms with Crippen molar-refractivity contribution in [2.45, 2.75) is 20.3 Å². The van der Waals surface area contributed by atoms with Crippen molar-refractivity contribution in [3.63, 3.8) is 0 Å². The molecule has 0 aliphatic carbocycles. The third kappa shape index (κ3) is 80.1. The Bertz CT molecular complexity index is 488. The molecule has 168 valence electrons. The van der Waals surface area contributed by atoms with Gasteiger partial charge in [0, 0.05) is 18.7 Å². The van der Waals surface area contributed by atoms with Gasteiger partial charge in [0.1, 0.15) is 0 Å². The lowest BCUT2D eigenvalue weighted by atomic mass is 10.5. The van der Waals surface area contributed by atoms with Crippen molar-refractivity contribution in [3.05, 3.63) is 24.3 Å². The zero-order valence-corrected chi connectivity index (χ0v) is 14.5. The predicted octanol–water partition coefficient (Wildman–Crippen LogP) is -4.49. The second-order valence-corrected chi connectivity index (χ2v) is 3.91. The fraction of sp³-hybridized carbons (Fsp3) is 0.333. The quantitative estimate of drug-likeness (QED) is 0.200. The van der Waals surface area contributed by atoms with Crippen LogP contribution in [-0.4, -0.2) is 69.3 Å². The maximum atomic E-state index is 9.56. The molecule has 0 aromatic carbocycles. The smallest absolute Gasteiger partial charge is 0.328 e. The van der Waals surface area contributed by atoms with Crippen LogP contribution in [0.3, 0.4) is 0 Å². The first kappa shape index (κ1) is 36.2. The first-order valence-corrected chi connectivity index (χ1v) is 6.96. The van der Waals surface area contributed by atoms with Gasteiger partial charge < -0.3 is 51.7 Å².